The predicted octanol–water partition coefficient (Wildman–Crippen LogP) is 6.09. The minimum absolute atomic E-state index is 0. The number of carbonyl (C=O) groups excluding carboxylic acids is 7. The second kappa shape index (κ2) is 42.2. The van der Waals surface area contributed by atoms with Gasteiger partial charge in [0.15, 0.2) is 0 Å². The molecule has 1 rings (SSSR count). The maximum atomic E-state index is 11.3. The lowest BCUT2D eigenvalue weighted by molar-refractivity contribution is -0.197. The molecule has 0 aromatic carbocycles. The van der Waals surface area contributed by atoms with Crippen LogP contribution in [0.25, 0.3) is 0 Å². The predicted molar refractivity (Wildman–Crippen MR) is 236 cm³/mol. The zero-order chi connectivity index (χ0) is 47.0. The van der Waals surface area contributed by atoms with E-state index in [0.29, 0.717) is 57.2 Å². The van der Waals surface area contributed by atoms with E-state index >= 15 is 0 Å². The summed E-state index contributed by atoms with van der Waals surface area (Å²) < 4.78 is 9.95. The Morgan fingerprint density at radius 1 is 0.597 bits per heavy atom. The molecule has 0 radical (unpaired) electrons. The molecule has 1 heterocycles. The Kier molecular flexibility index (Phi) is 43.9. The number of carbonyl (C=O) groups is 7. The summed E-state index contributed by atoms with van der Waals surface area (Å²) in [5, 5.41) is 6.26. The van der Waals surface area contributed by atoms with E-state index in [4.69, 9.17) is 30.8 Å². The molecule has 20 heteroatoms. The van der Waals surface area contributed by atoms with Gasteiger partial charge in [-0.15, -0.1) is 5.06 Å². The van der Waals surface area contributed by atoms with Crippen LogP contribution < -0.4 is 33.2 Å². The Morgan fingerprint density at radius 2 is 0.984 bits per heavy atom. The molecule has 8 N–H and O–H groups in total. The van der Waals surface area contributed by atoms with E-state index in [1.807, 2.05) is 6.92 Å². The van der Waals surface area contributed by atoms with Gasteiger partial charge in [-0.25, -0.2) is 20.3 Å². The van der Waals surface area contributed by atoms with Crippen molar-refractivity contribution < 1.29 is 62.4 Å². The molecule has 0 aromatic heterocycles. The summed E-state index contributed by atoms with van der Waals surface area (Å²) in [6.07, 6.45) is 11.3. The number of nitrogens with zero attached hydrogens (tertiary/aromatic N) is 1. The number of hydroxylamine groups is 4. The van der Waals surface area contributed by atoms with Crippen molar-refractivity contribution >= 4 is 41.8 Å². The molecule has 0 spiro atoms. The van der Waals surface area contributed by atoms with Crippen molar-refractivity contribution in [1.29, 1.82) is 0 Å². The summed E-state index contributed by atoms with van der Waals surface area (Å²) in [5.41, 5.74) is 8.67. The molecule has 0 saturated carbocycles. The number of hydrogen-bond acceptors (Lipinski definition) is 15. The van der Waals surface area contributed by atoms with E-state index in [1.165, 1.54) is 0 Å². The molecule has 1 fully saturated rings. The molecular weight excluding hydrogens is 810 g/mol. The van der Waals surface area contributed by atoms with Crippen LogP contribution in [0.4, 0.5) is 9.59 Å². The Balaban J connectivity index is -0.000000365. The van der Waals surface area contributed by atoms with Gasteiger partial charge in [-0.05, 0) is 106 Å². The van der Waals surface area contributed by atoms with Crippen LogP contribution in [-0.2, 0) is 52.8 Å². The highest BCUT2D eigenvalue weighted by Gasteiger charge is 2.32. The summed E-state index contributed by atoms with van der Waals surface area (Å²) in [4.78, 5) is 96.6. The minimum Gasteiger partial charge on any atom is -0.442 e. The lowest BCUT2D eigenvalue weighted by Crippen LogP contribution is -2.32. The molecule has 1 aliphatic heterocycles. The molecule has 0 aromatic rings. The third kappa shape index (κ3) is 48.6. The van der Waals surface area contributed by atoms with Crippen LogP contribution >= 0.6 is 0 Å². The number of imide groups is 1. The zero-order valence-corrected chi connectivity index (χ0v) is 38.7. The second-order valence-corrected chi connectivity index (χ2v) is 15.7. The molecule has 0 unspecified atom stereocenters. The highest BCUT2D eigenvalue weighted by atomic mass is 16.7. The highest BCUT2D eigenvalue weighted by Crippen LogP contribution is 2.13. The van der Waals surface area contributed by atoms with E-state index in [9.17, 15) is 33.6 Å². The summed E-state index contributed by atoms with van der Waals surface area (Å²) in [6, 6.07) is 0. The van der Waals surface area contributed by atoms with Crippen molar-refractivity contribution in [3.63, 3.8) is 0 Å². The Morgan fingerprint density at radius 3 is 1.35 bits per heavy atom. The summed E-state index contributed by atoms with van der Waals surface area (Å²) >= 11 is 0. The van der Waals surface area contributed by atoms with Crippen molar-refractivity contribution in [2.24, 2.45) is 11.6 Å². The van der Waals surface area contributed by atoms with Gasteiger partial charge in [0.25, 0.3) is 11.8 Å². The van der Waals surface area contributed by atoms with Gasteiger partial charge in [-0.2, -0.15) is 11.0 Å². The fourth-order valence-corrected chi connectivity index (χ4v) is 4.18. The molecule has 6 amide bonds. The number of nitrogens with one attached hydrogen (secondary N) is 4. The molecule has 0 bridgehead atoms. The molecule has 1 aliphatic rings. The van der Waals surface area contributed by atoms with Crippen molar-refractivity contribution in [2.45, 2.75) is 190 Å². The van der Waals surface area contributed by atoms with E-state index in [-0.39, 0.29) is 38.5 Å². The molecular formula is C42H85N7O13. The van der Waals surface area contributed by atoms with E-state index in [2.05, 4.69) is 45.1 Å². The lowest BCUT2D eigenvalue weighted by Gasteiger charge is -2.19. The quantitative estimate of drug-likeness (QED) is 0.0325. The first-order valence-corrected chi connectivity index (χ1v) is 21.6. The van der Waals surface area contributed by atoms with Gasteiger partial charge in [0.1, 0.15) is 11.2 Å². The molecule has 62 heavy (non-hydrogen) atoms. The van der Waals surface area contributed by atoms with Crippen molar-refractivity contribution in [3.05, 3.63) is 0 Å². The monoisotopic (exact) mass is 896 g/mol. The maximum absolute atomic E-state index is 11.3. The van der Waals surface area contributed by atoms with Gasteiger partial charge in [-0.1, -0.05) is 47.5 Å². The molecule has 0 atom stereocenters. The molecule has 20 nitrogen and oxygen atoms in total. The Bertz CT molecular complexity index is 1180. The number of hydrogen-bond donors (Lipinski definition) is 6. The smallest absolute Gasteiger partial charge is 0.431 e. The third-order valence-electron chi connectivity index (χ3n) is 7.26. The lowest BCUT2D eigenvalue weighted by atomic mass is 10.2. The maximum Gasteiger partial charge on any atom is 0.431 e. The van der Waals surface area contributed by atoms with Gasteiger partial charge in [0.05, 0.1) is 19.8 Å². The first-order valence-electron chi connectivity index (χ1n) is 21.6. The SMILES string of the molecule is C.CC(C)(C)OC(=O)NOCCCCN.CCCCC(=O)NCCCCON.CCCCC(=O)NCCCCONC(=O)OC(C)(C)C.CCCCC(=O)ON1C(=O)CCC1=O. The van der Waals surface area contributed by atoms with Crippen molar-refractivity contribution in [3.8, 4) is 0 Å². The Hall–Kier alpha value is -4.11. The van der Waals surface area contributed by atoms with Gasteiger partial charge < -0.3 is 35.5 Å². The van der Waals surface area contributed by atoms with Crippen molar-refractivity contribution in [1.82, 2.24) is 26.7 Å². The number of nitrogens with two attached hydrogens (primary N) is 2. The van der Waals surface area contributed by atoms with Crippen LogP contribution in [0.5, 0.6) is 0 Å². The average Bonchev–Trinajstić information content (AvgIpc) is 3.49. The van der Waals surface area contributed by atoms with E-state index < -0.39 is 41.2 Å². The number of unbranched alkanes of at least 4 members (excludes halogenated alkanes) is 6. The van der Waals surface area contributed by atoms with Crippen LogP contribution in [0.2, 0.25) is 0 Å². The normalized spacial score (nSPS) is 11.8. The largest absolute Gasteiger partial charge is 0.442 e. The third-order valence-corrected chi connectivity index (χ3v) is 7.26. The van der Waals surface area contributed by atoms with Crippen LogP contribution in [-0.4, -0.2) is 97.5 Å². The first kappa shape index (κ1) is 64.5. The van der Waals surface area contributed by atoms with Gasteiger partial charge in [0, 0.05) is 45.2 Å². The fourth-order valence-electron chi connectivity index (χ4n) is 4.18. The highest BCUT2D eigenvalue weighted by molar-refractivity contribution is 6.01. The standard InChI is InChI=1S/C14H28N2O4.C9H20N2O3.C9H20N2O2.C9H13NO4.CH4/c1-5-6-9-12(17)15-10-7-8-11-19-16-13(18)20-14(2,3)4;1-9(2,3)14-8(12)11-13-7-5-4-6-10;1-2-3-6-9(12)11-7-4-5-8-13-10;1-2-3-4-9(13)14-10-7(11)5-6-8(10)12;/h5-11H2,1-4H3,(H,15,17)(H,16,18);4-7,10H2,1-3H3,(H,11,12);2-8,10H2,1H3,(H,11,12);2-6H2,1H3;1H4. The van der Waals surface area contributed by atoms with Crippen LogP contribution in [0.1, 0.15) is 179 Å². The molecule has 366 valence electrons. The fraction of sp³-hybridized carbons (Fsp3) is 0.833. The second-order valence-electron chi connectivity index (χ2n) is 15.7. The number of ether oxygens (including phenoxy) is 2. The van der Waals surface area contributed by atoms with E-state index in [1.54, 1.807) is 41.5 Å². The van der Waals surface area contributed by atoms with E-state index in [0.717, 1.165) is 77.2 Å². The zero-order valence-electron chi connectivity index (χ0n) is 38.7. The van der Waals surface area contributed by atoms with Gasteiger partial charge in [0.2, 0.25) is 11.8 Å². The number of amides is 6. The average molecular weight is 896 g/mol. The first-order chi connectivity index (χ1) is 28.8. The number of rotatable bonds is 26. The topological polar surface area (TPSA) is 278 Å². The summed E-state index contributed by atoms with van der Waals surface area (Å²) in [7, 11) is 0. The summed E-state index contributed by atoms with van der Waals surface area (Å²) in [5.74, 6) is 3.71. The minimum atomic E-state index is -0.592. The molecule has 0 aliphatic carbocycles. The summed E-state index contributed by atoms with van der Waals surface area (Å²) in [6.45, 7) is 20.2. The van der Waals surface area contributed by atoms with Gasteiger partial charge in [-0.3, -0.25) is 28.9 Å². The van der Waals surface area contributed by atoms with Gasteiger partial charge >= 0.3 is 18.2 Å². The van der Waals surface area contributed by atoms with Crippen LogP contribution in [0.3, 0.4) is 0 Å². The van der Waals surface area contributed by atoms with Crippen molar-refractivity contribution in [2.75, 3.05) is 39.5 Å². The van der Waals surface area contributed by atoms with Crippen LogP contribution in [0, 0.1) is 0 Å². The Labute approximate surface area is 371 Å². The van der Waals surface area contributed by atoms with Crippen LogP contribution in [0.15, 0.2) is 0 Å². The molecule has 1 saturated heterocycles.